The molecule has 1 aromatic rings. The molecule has 0 saturated carbocycles. The molecule has 0 spiro atoms. The third kappa shape index (κ3) is 4.40. The molecule has 4 nitrogen and oxygen atoms in total. The first kappa shape index (κ1) is 19.8. The Labute approximate surface area is 162 Å². The number of benzene rings is 1. The van der Waals surface area contributed by atoms with E-state index in [4.69, 9.17) is 10.2 Å². The van der Waals surface area contributed by atoms with Crippen LogP contribution in [0.25, 0.3) is 0 Å². The van der Waals surface area contributed by atoms with Crippen LogP contribution in [0, 0.1) is 13.8 Å². The van der Waals surface area contributed by atoms with Gasteiger partial charge in [-0.2, -0.15) is 0 Å². The zero-order chi connectivity index (χ0) is 15.0. The summed E-state index contributed by atoms with van der Waals surface area (Å²) in [5.41, 5.74) is 3.24. The van der Waals surface area contributed by atoms with Crippen molar-refractivity contribution in [1.82, 2.24) is 0 Å². The molecule has 5 heteroatoms. The van der Waals surface area contributed by atoms with Gasteiger partial charge in [0.1, 0.15) is 0 Å². The monoisotopic (exact) mass is 304 g/mol. The molecule has 0 saturated heterocycles. The van der Waals surface area contributed by atoms with Gasteiger partial charge in [-0.3, -0.25) is 9.59 Å². The Morgan fingerprint density at radius 1 is 1.00 bits per heavy atom. The summed E-state index contributed by atoms with van der Waals surface area (Å²) in [4.78, 5) is 22.1. The van der Waals surface area contributed by atoms with E-state index in [1.165, 1.54) is 0 Å². The quantitative estimate of drug-likeness (QED) is 0.663. The van der Waals surface area contributed by atoms with E-state index in [2.05, 4.69) is 20.8 Å². The molecule has 2 N–H and O–H groups in total. The molecule has 0 fully saturated rings. The topological polar surface area (TPSA) is 74.6 Å². The molecule has 0 aliphatic rings. The number of hydrogen-bond acceptors (Lipinski definition) is 2. The van der Waals surface area contributed by atoms with Gasteiger partial charge in [-0.25, -0.2) is 0 Å². The Balaban J connectivity index is 0.00000361. The van der Waals surface area contributed by atoms with Gasteiger partial charge in [0, 0.05) is 0 Å². The van der Waals surface area contributed by atoms with E-state index in [9.17, 15) is 9.59 Å². The molecule has 0 heterocycles. The Bertz CT molecular complexity index is 492. The number of carboxylic acids is 2. The van der Waals surface area contributed by atoms with Crippen molar-refractivity contribution in [2.45, 2.75) is 46.0 Å². The Morgan fingerprint density at radius 3 is 1.60 bits per heavy atom. The first-order valence-electron chi connectivity index (χ1n) is 6.13. The SMILES string of the molecule is Cc1cc(C(C(=O)O)C(=O)O)cc(C)c1C(C)(C)C.[KH]. The van der Waals surface area contributed by atoms with Crippen LogP contribution in [0.2, 0.25) is 0 Å². The maximum atomic E-state index is 11.1. The molecule has 0 bridgehead atoms. The Kier molecular flexibility index (Phi) is 7.11. The van der Waals surface area contributed by atoms with Crippen molar-refractivity contribution in [3.8, 4) is 0 Å². The van der Waals surface area contributed by atoms with Crippen LogP contribution in [-0.4, -0.2) is 73.5 Å². The van der Waals surface area contributed by atoms with Crippen LogP contribution in [0.5, 0.6) is 0 Å². The molecule has 0 aliphatic carbocycles. The predicted molar refractivity (Wildman–Crippen MR) is 79.8 cm³/mol. The zero-order valence-corrected chi connectivity index (χ0v) is 11.9. The van der Waals surface area contributed by atoms with Gasteiger partial charge in [0.2, 0.25) is 0 Å². The summed E-state index contributed by atoms with van der Waals surface area (Å²) in [5.74, 6) is -4.18. The average Bonchev–Trinajstić information content (AvgIpc) is 2.11. The third-order valence-corrected chi connectivity index (χ3v) is 3.13. The van der Waals surface area contributed by atoms with E-state index >= 15 is 0 Å². The van der Waals surface area contributed by atoms with Crippen molar-refractivity contribution < 1.29 is 19.8 Å². The fourth-order valence-electron chi connectivity index (χ4n) is 2.74. The van der Waals surface area contributed by atoms with E-state index < -0.39 is 17.9 Å². The first-order chi connectivity index (χ1) is 8.55. The third-order valence-electron chi connectivity index (χ3n) is 3.13. The van der Waals surface area contributed by atoms with Gasteiger partial charge >= 0.3 is 63.3 Å². The number of carbonyl (C=O) groups is 2. The van der Waals surface area contributed by atoms with Crippen LogP contribution < -0.4 is 0 Å². The molecular formula is C15H21KO4. The summed E-state index contributed by atoms with van der Waals surface area (Å²) in [6.07, 6.45) is 0. The molecule has 1 rings (SSSR count). The van der Waals surface area contributed by atoms with Crippen molar-refractivity contribution >= 4 is 63.3 Å². The molecule has 0 radical (unpaired) electrons. The fourth-order valence-corrected chi connectivity index (χ4v) is 2.74. The molecular weight excluding hydrogens is 283 g/mol. The van der Waals surface area contributed by atoms with Crippen LogP contribution in [0.4, 0.5) is 0 Å². The molecule has 0 amide bonds. The van der Waals surface area contributed by atoms with Gasteiger partial charge in [0.05, 0.1) is 0 Å². The van der Waals surface area contributed by atoms with Crippen LogP contribution in [0.15, 0.2) is 12.1 Å². The molecule has 20 heavy (non-hydrogen) atoms. The summed E-state index contributed by atoms with van der Waals surface area (Å²) in [7, 11) is 0. The van der Waals surface area contributed by atoms with E-state index in [0.29, 0.717) is 5.56 Å². The zero-order valence-electron chi connectivity index (χ0n) is 11.9. The summed E-state index contributed by atoms with van der Waals surface area (Å²) < 4.78 is 0. The molecule has 106 valence electrons. The minimum atomic E-state index is -1.51. The van der Waals surface area contributed by atoms with E-state index in [-0.39, 0.29) is 56.8 Å². The van der Waals surface area contributed by atoms with E-state index in [0.717, 1.165) is 16.7 Å². The summed E-state index contributed by atoms with van der Waals surface area (Å²) in [5, 5.41) is 18.1. The Hall–Kier alpha value is -0.204. The van der Waals surface area contributed by atoms with Crippen molar-refractivity contribution in [3.63, 3.8) is 0 Å². The van der Waals surface area contributed by atoms with Crippen molar-refractivity contribution in [2.75, 3.05) is 0 Å². The van der Waals surface area contributed by atoms with Crippen LogP contribution >= 0.6 is 0 Å². The van der Waals surface area contributed by atoms with E-state index in [1.54, 1.807) is 12.1 Å². The molecule has 0 aliphatic heterocycles. The van der Waals surface area contributed by atoms with E-state index in [1.807, 2.05) is 13.8 Å². The van der Waals surface area contributed by atoms with Crippen LogP contribution in [0.3, 0.4) is 0 Å². The van der Waals surface area contributed by atoms with Crippen molar-refractivity contribution in [2.24, 2.45) is 0 Å². The number of aliphatic carboxylic acids is 2. The second kappa shape index (κ2) is 7.18. The van der Waals surface area contributed by atoms with Gasteiger partial charge < -0.3 is 10.2 Å². The molecule has 0 atom stereocenters. The van der Waals surface area contributed by atoms with Gasteiger partial charge in [0.25, 0.3) is 0 Å². The predicted octanol–water partition coefficient (Wildman–Crippen LogP) is 2.21. The second-order valence-electron chi connectivity index (χ2n) is 5.89. The molecule has 1 aromatic carbocycles. The summed E-state index contributed by atoms with van der Waals surface area (Å²) >= 11 is 0. The van der Waals surface area contributed by atoms with Gasteiger partial charge in [-0.15, -0.1) is 0 Å². The van der Waals surface area contributed by atoms with Gasteiger partial charge in [-0.05, 0) is 41.5 Å². The minimum absolute atomic E-state index is 0. The number of carboxylic acid groups (broad SMARTS) is 2. The van der Waals surface area contributed by atoms with Gasteiger partial charge in [0.15, 0.2) is 5.92 Å². The summed E-state index contributed by atoms with van der Waals surface area (Å²) in [6.45, 7) is 10.0. The average molecular weight is 304 g/mol. The fraction of sp³-hybridized carbons (Fsp3) is 0.467. The van der Waals surface area contributed by atoms with Crippen LogP contribution in [0.1, 0.15) is 48.9 Å². The number of hydrogen-bond donors (Lipinski definition) is 2. The molecule has 0 unspecified atom stereocenters. The number of rotatable bonds is 3. The second-order valence-corrected chi connectivity index (χ2v) is 5.89. The Morgan fingerprint density at radius 2 is 1.35 bits per heavy atom. The number of aryl methyl sites for hydroxylation is 2. The first-order valence-corrected chi connectivity index (χ1v) is 6.13. The van der Waals surface area contributed by atoms with Gasteiger partial charge in [-0.1, -0.05) is 32.9 Å². The molecule has 0 aromatic heterocycles. The standard InChI is InChI=1S/C15H20O4.K.H/c1-8-6-10(11(13(16)17)14(18)19)7-9(2)12(8)15(3,4)5;;/h6-7,11H,1-5H3,(H,16,17)(H,18,19);;. The van der Waals surface area contributed by atoms with Crippen molar-refractivity contribution in [1.29, 1.82) is 0 Å². The summed E-state index contributed by atoms with van der Waals surface area (Å²) in [6, 6.07) is 3.33. The van der Waals surface area contributed by atoms with Crippen molar-refractivity contribution in [3.05, 3.63) is 34.4 Å². The maximum absolute atomic E-state index is 11.1. The van der Waals surface area contributed by atoms with Crippen LogP contribution in [-0.2, 0) is 15.0 Å². The normalized spacial score (nSPS) is 11.1.